The van der Waals surface area contributed by atoms with Gasteiger partial charge < -0.3 is 5.32 Å². The van der Waals surface area contributed by atoms with Crippen LogP contribution in [0.25, 0.3) is 15.9 Å². The molecule has 0 aliphatic heterocycles. The van der Waals surface area contributed by atoms with Gasteiger partial charge in [-0.2, -0.15) is 0 Å². The molecule has 0 unspecified atom stereocenters. The van der Waals surface area contributed by atoms with Crippen molar-refractivity contribution in [3.63, 3.8) is 0 Å². The van der Waals surface area contributed by atoms with Crippen LogP contribution in [0.15, 0.2) is 52.4 Å². The Hall–Kier alpha value is -2.61. The van der Waals surface area contributed by atoms with E-state index >= 15 is 0 Å². The third-order valence-corrected chi connectivity index (χ3v) is 9.16. The van der Waals surface area contributed by atoms with E-state index in [1.165, 1.54) is 16.6 Å². The minimum absolute atomic E-state index is 0.0853. The highest BCUT2D eigenvalue weighted by atomic mass is 35.5. The number of nitrogens with zero attached hydrogens (tertiary/aromatic N) is 2. The second-order valence-electron chi connectivity index (χ2n) is 9.39. The molecular weight excluding hydrogens is 510 g/mol. The molecule has 0 saturated carbocycles. The summed E-state index contributed by atoms with van der Waals surface area (Å²) in [5, 5.41) is 4.85. The molecule has 1 N–H and O–H groups in total. The van der Waals surface area contributed by atoms with Gasteiger partial charge in [0.25, 0.3) is 5.56 Å². The lowest BCUT2D eigenvalue weighted by Gasteiger charge is -2.16. The van der Waals surface area contributed by atoms with E-state index in [-0.39, 0.29) is 17.2 Å². The van der Waals surface area contributed by atoms with E-state index in [2.05, 4.69) is 19.2 Å². The summed E-state index contributed by atoms with van der Waals surface area (Å²) in [7, 11) is 0. The van der Waals surface area contributed by atoms with E-state index in [0.29, 0.717) is 27.2 Å². The molecule has 1 aliphatic carbocycles. The lowest BCUT2D eigenvalue weighted by molar-refractivity contribution is -0.113. The first-order valence-corrected chi connectivity index (χ1v) is 14.4. The molecule has 5 nitrogen and oxygen atoms in total. The fourth-order valence-electron chi connectivity index (χ4n) is 4.76. The van der Waals surface area contributed by atoms with Crippen LogP contribution in [0.3, 0.4) is 0 Å². The minimum Gasteiger partial charge on any atom is -0.325 e. The number of nitrogens with one attached hydrogen (secondary N) is 1. The first-order valence-electron chi connectivity index (χ1n) is 12.2. The van der Waals surface area contributed by atoms with Gasteiger partial charge in [-0.25, -0.2) is 4.98 Å². The standard InChI is InChI=1S/C28H28ClN3O2S2/c1-16(2)18-9-4-6-12-21(18)30-24(33)15-35-28-31-26-25(19-10-5-7-14-23(19)36-26)27(34)32(28)22-13-8-11-20(29)17(22)3/h4,6,8-9,11-13,16H,5,7,10,14-15H2,1-3H3,(H,30,33). The first kappa shape index (κ1) is 25.1. The van der Waals surface area contributed by atoms with Crippen LogP contribution in [0, 0.1) is 6.92 Å². The maximum absolute atomic E-state index is 14.0. The Morgan fingerprint density at radius 2 is 1.94 bits per heavy atom. The highest BCUT2D eigenvalue weighted by Crippen LogP contribution is 2.36. The van der Waals surface area contributed by atoms with Crippen molar-refractivity contribution in [2.24, 2.45) is 0 Å². The lowest BCUT2D eigenvalue weighted by Crippen LogP contribution is -2.24. The van der Waals surface area contributed by atoms with Gasteiger partial charge in [-0.3, -0.25) is 14.2 Å². The molecule has 186 valence electrons. The third-order valence-electron chi connectivity index (χ3n) is 6.63. The molecule has 4 aromatic rings. The van der Waals surface area contributed by atoms with Gasteiger partial charge in [0.05, 0.1) is 16.8 Å². The number of carbonyl (C=O) groups excluding carboxylic acids is 1. The summed E-state index contributed by atoms with van der Waals surface area (Å²) in [6.45, 7) is 6.11. The Balaban J connectivity index is 1.54. The van der Waals surface area contributed by atoms with E-state index in [1.807, 2.05) is 49.4 Å². The van der Waals surface area contributed by atoms with E-state index in [9.17, 15) is 9.59 Å². The van der Waals surface area contributed by atoms with Gasteiger partial charge in [0.1, 0.15) is 4.83 Å². The van der Waals surface area contributed by atoms with E-state index < -0.39 is 0 Å². The number of benzene rings is 2. The molecule has 36 heavy (non-hydrogen) atoms. The number of hydrogen-bond acceptors (Lipinski definition) is 5. The molecule has 2 heterocycles. The number of aryl methyl sites for hydroxylation is 2. The fourth-order valence-corrected chi connectivity index (χ4v) is 7.04. The van der Waals surface area contributed by atoms with Gasteiger partial charge >= 0.3 is 0 Å². The van der Waals surface area contributed by atoms with Gasteiger partial charge in [-0.1, -0.05) is 61.5 Å². The molecule has 0 spiro atoms. The van der Waals surface area contributed by atoms with Crippen molar-refractivity contribution in [2.75, 3.05) is 11.1 Å². The van der Waals surface area contributed by atoms with Crippen molar-refractivity contribution in [1.29, 1.82) is 0 Å². The van der Waals surface area contributed by atoms with Gasteiger partial charge in [0.15, 0.2) is 5.16 Å². The number of fused-ring (bicyclic) bond motifs is 3. The van der Waals surface area contributed by atoms with Crippen molar-refractivity contribution in [3.05, 3.63) is 79.4 Å². The van der Waals surface area contributed by atoms with Crippen LogP contribution < -0.4 is 10.9 Å². The zero-order valence-corrected chi connectivity index (χ0v) is 22.9. The van der Waals surface area contributed by atoms with Crippen molar-refractivity contribution in [2.45, 2.75) is 57.5 Å². The van der Waals surface area contributed by atoms with Gasteiger partial charge in [-0.05, 0) is 73.4 Å². The maximum atomic E-state index is 14.0. The van der Waals surface area contributed by atoms with Crippen molar-refractivity contribution in [3.8, 4) is 5.69 Å². The maximum Gasteiger partial charge on any atom is 0.267 e. The van der Waals surface area contributed by atoms with Crippen molar-refractivity contribution >= 4 is 56.5 Å². The number of rotatable bonds is 6. The summed E-state index contributed by atoms with van der Waals surface area (Å²) in [6.07, 6.45) is 4.13. The lowest BCUT2D eigenvalue weighted by atomic mass is 9.97. The number of halogens is 1. The Morgan fingerprint density at radius 3 is 2.75 bits per heavy atom. The summed E-state index contributed by atoms with van der Waals surface area (Å²) in [4.78, 5) is 33.9. The largest absolute Gasteiger partial charge is 0.325 e. The van der Waals surface area contributed by atoms with Crippen LogP contribution in [0.2, 0.25) is 5.02 Å². The average molecular weight is 538 g/mol. The molecular formula is C28H28ClN3O2S2. The average Bonchev–Trinajstić information content (AvgIpc) is 3.24. The molecule has 1 aliphatic rings. The SMILES string of the molecule is Cc1c(Cl)cccc1-n1c(SCC(=O)Nc2ccccc2C(C)C)nc2sc3c(c2c1=O)CCCC3. The van der Waals surface area contributed by atoms with Crippen LogP contribution in [0.5, 0.6) is 0 Å². The molecule has 0 saturated heterocycles. The fraction of sp³-hybridized carbons (Fsp3) is 0.321. The molecule has 0 fully saturated rings. The number of anilines is 1. The van der Waals surface area contributed by atoms with E-state index in [1.54, 1.807) is 15.9 Å². The molecule has 5 rings (SSSR count). The summed E-state index contributed by atoms with van der Waals surface area (Å²) in [5.74, 6) is 0.288. The first-order chi connectivity index (χ1) is 17.3. The topological polar surface area (TPSA) is 64.0 Å². The minimum atomic E-state index is -0.137. The number of thioether (sulfide) groups is 1. The highest BCUT2D eigenvalue weighted by Gasteiger charge is 2.24. The third kappa shape index (κ3) is 4.72. The number of carbonyl (C=O) groups is 1. The normalized spacial score (nSPS) is 13.2. The van der Waals surface area contributed by atoms with Crippen LogP contribution in [-0.4, -0.2) is 21.2 Å². The smallest absolute Gasteiger partial charge is 0.267 e. The van der Waals surface area contributed by atoms with Gasteiger partial charge in [0.2, 0.25) is 5.91 Å². The van der Waals surface area contributed by atoms with Crippen LogP contribution in [-0.2, 0) is 17.6 Å². The molecule has 2 aromatic carbocycles. The zero-order chi connectivity index (χ0) is 25.4. The van der Waals surface area contributed by atoms with Crippen LogP contribution in [0.1, 0.15) is 54.2 Å². The molecule has 1 amide bonds. The Bertz CT molecular complexity index is 1520. The van der Waals surface area contributed by atoms with Crippen molar-refractivity contribution < 1.29 is 4.79 Å². The molecule has 2 aromatic heterocycles. The zero-order valence-electron chi connectivity index (χ0n) is 20.6. The predicted molar refractivity (Wildman–Crippen MR) is 151 cm³/mol. The van der Waals surface area contributed by atoms with E-state index in [4.69, 9.17) is 16.6 Å². The Kier molecular flexibility index (Phi) is 7.24. The predicted octanol–water partition coefficient (Wildman–Crippen LogP) is 7.14. The van der Waals surface area contributed by atoms with Crippen molar-refractivity contribution in [1.82, 2.24) is 9.55 Å². The van der Waals surface area contributed by atoms with Gasteiger partial charge in [0, 0.05) is 15.6 Å². The van der Waals surface area contributed by atoms with Crippen LogP contribution in [0.4, 0.5) is 5.69 Å². The van der Waals surface area contributed by atoms with E-state index in [0.717, 1.165) is 52.9 Å². The second kappa shape index (κ2) is 10.4. The summed E-state index contributed by atoms with van der Waals surface area (Å²) < 4.78 is 1.64. The molecule has 0 bridgehead atoms. The highest BCUT2D eigenvalue weighted by molar-refractivity contribution is 7.99. The molecule has 0 radical (unpaired) electrons. The summed E-state index contributed by atoms with van der Waals surface area (Å²) in [5.41, 5.74) is 4.47. The second-order valence-corrected chi connectivity index (χ2v) is 11.8. The quantitative estimate of drug-likeness (QED) is 0.210. The molecule has 0 atom stereocenters. The summed E-state index contributed by atoms with van der Waals surface area (Å²) in [6, 6.07) is 13.4. The number of aromatic nitrogens is 2. The van der Waals surface area contributed by atoms with Gasteiger partial charge in [-0.15, -0.1) is 11.3 Å². The Morgan fingerprint density at radius 1 is 1.17 bits per heavy atom. The monoisotopic (exact) mass is 537 g/mol. The Labute approximate surface area is 223 Å². The number of hydrogen-bond donors (Lipinski definition) is 1. The molecule has 8 heteroatoms. The number of thiophene rings is 1. The number of amides is 1. The number of para-hydroxylation sites is 1. The van der Waals surface area contributed by atoms with Crippen LogP contribution >= 0.6 is 34.7 Å². The summed E-state index contributed by atoms with van der Waals surface area (Å²) >= 11 is 9.33.